The average Bonchev–Trinajstić information content (AvgIpc) is 3.38. The first-order chi connectivity index (χ1) is 17.6. The number of anilines is 1. The molecule has 176 valence electrons. The maximum Gasteiger partial charge on any atom is 0.254 e. The van der Waals surface area contributed by atoms with E-state index < -0.39 is 0 Å². The van der Waals surface area contributed by atoms with Gasteiger partial charge in [0, 0.05) is 42.7 Å². The lowest BCUT2D eigenvalue weighted by atomic mass is 10.1. The van der Waals surface area contributed by atoms with Crippen molar-refractivity contribution in [2.75, 3.05) is 31.1 Å². The summed E-state index contributed by atoms with van der Waals surface area (Å²) >= 11 is 0. The Morgan fingerprint density at radius 3 is 2.50 bits per heavy atom. The Morgan fingerprint density at radius 1 is 0.917 bits per heavy atom. The molecule has 2 aromatic heterocycles. The Labute approximate surface area is 208 Å². The molecular formula is C28H23N7O. The van der Waals surface area contributed by atoms with Crippen LogP contribution in [0.2, 0.25) is 0 Å². The number of fused-ring (bicyclic) bond motifs is 3. The number of aromatic nitrogens is 4. The molecule has 0 saturated carbocycles. The molecule has 1 aliphatic rings. The molecule has 0 unspecified atom stereocenters. The predicted octanol–water partition coefficient (Wildman–Crippen LogP) is 4.09. The lowest BCUT2D eigenvalue weighted by Crippen LogP contribution is -2.49. The molecule has 0 aliphatic carbocycles. The molecule has 6 rings (SSSR count). The Balaban J connectivity index is 1.38. The molecule has 0 N–H and O–H groups in total. The number of para-hydroxylation sites is 1. The van der Waals surface area contributed by atoms with Crippen LogP contribution in [0.5, 0.6) is 0 Å². The van der Waals surface area contributed by atoms with Gasteiger partial charge in [-0.2, -0.15) is 5.26 Å². The molecule has 5 aromatic rings. The average molecular weight is 474 g/mol. The highest BCUT2D eigenvalue weighted by Gasteiger charge is 2.26. The van der Waals surface area contributed by atoms with Gasteiger partial charge in [-0.3, -0.25) is 4.79 Å². The van der Waals surface area contributed by atoms with Gasteiger partial charge < -0.3 is 9.80 Å². The number of carbonyl (C=O) groups is 1. The van der Waals surface area contributed by atoms with Crippen molar-refractivity contribution in [1.82, 2.24) is 24.5 Å². The largest absolute Gasteiger partial charge is 0.338 e. The molecule has 8 nitrogen and oxygen atoms in total. The third kappa shape index (κ3) is 3.62. The number of nitrogens with zero attached hydrogens (tertiary/aromatic N) is 7. The van der Waals surface area contributed by atoms with E-state index in [2.05, 4.69) is 40.2 Å². The van der Waals surface area contributed by atoms with Gasteiger partial charge in [0.1, 0.15) is 0 Å². The van der Waals surface area contributed by atoms with E-state index in [9.17, 15) is 10.1 Å². The fourth-order valence-corrected chi connectivity index (χ4v) is 4.79. The number of rotatable bonds is 3. The van der Waals surface area contributed by atoms with Gasteiger partial charge in [0.15, 0.2) is 11.5 Å². The van der Waals surface area contributed by atoms with Gasteiger partial charge in [-0.1, -0.05) is 42.5 Å². The SMILES string of the molecule is Cc1ccccc1-c1nnc2c3ccccc3nc(N3CCN(C(=O)c4cccc(C#N)c4)CC3)n12. The summed E-state index contributed by atoms with van der Waals surface area (Å²) in [7, 11) is 0. The molecule has 1 fully saturated rings. The molecule has 0 atom stereocenters. The third-order valence-corrected chi connectivity index (χ3v) is 6.70. The van der Waals surface area contributed by atoms with Crippen LogP contribution in [0.3, 0.4) is 0 Å². The van der Waals surface area contributed by atoms with E-state index in [0.717, 1.165) is 39.4 Å². The van der Waals surface area contributed by atoms with E-state index in [1.807, 2.05) is 45.7 Å². The van der Waals surface area contributed by atoms with Crippen LogP contribution in [0.15, 0.2) is 72.8 Å². The molecule has 0 bridgehead atoms. The highest BCUT2D eigenvalue weighted by Crippen LogP contribution is 2.30. The maximum atomic E-state index is 13.1. The van der Waals surface area contributed by atoms with Gasteiger partial charge in [-0.25, -0.2) is 9.38 Å². The summed E-state index contributed by atoms with van der Waals surface area (Å²) in [6, 6.07) is 25.1. The quantitative estimate of drug-likeness (QED) is 0.392. The van der Waals surface area contributed by atoms with E-state index in [4.69, 9.17) is 4.98 Å². The van der Waals surface area contributed by atoms with Crippen LogP contribution in [0, 0.1) is 18.3 Å². The number of nitriles is 1. The van der Waals surface area contributed by atoms with Crippen LogP contribution in [-0.4, -0.2) is 56.6 Å². The summed E-state index contributed by atoms with van der Waals surface area (Å²) in [5.74, 6) is 1.46. The molecule has 0 radical (unpaired) electrons. The lowest BCUT2D eigenvalue weighted by Gasteiger charge is -2.35. The van der Waals surface area contributed by atoms with Crippen LogP contribution in [-0.2, 0) is 0 Å². The number of aryl methyl sites for hydroxylation is 1. The molecule has 3 heterocycles. The number of piperazine rings is 1. The van der Waals surface area contributed by atoms with Crippen LogP contribution < -0.4 is 4.90 Å². The number of amides is 1. The first kappa shape index (κ1) is 21.7. The smallest absolute Gasteiger partial charge is 0.254 e. The second kappa shape index (κ2) is 8.78. The Hall–Kier alpha value is -4.77. The van der Waals surface area contributed by atoms with E-state index in [1.54, 1.807) is 24.3 Å². The zero-order chi connectivity index (χ0) is 24.6. The fourth-order valence-electron chi connectivity index (χ4n) is 4.79. The van der Waals surface area contributed by atoms with Crippen molar-refractivity contribution in [3.63, 3.8) is 0 Å². The van der Waals surface area contributed by atoms with Crippen molar-refractivity contribution in [2.24, 2.45) is 0 Å². The standard InChI is InChI=1S/C28H23N7O/c1-19-7-2-3-10-22(19)25-31-32-26-23-11-4-5-12-24(23)30-28(35(25)26)34-15-13-33(14-16-34)27(36)21-9-6-8-20(17-21)18-29/h2-12,17H,13-16H2,1H3. The number of hydrogen-bond acceptors (Lipinski definition) is 6. The lowest BCUT2D eigenvalue weighted by molar-refractivity contribution is 0.0746. The molecule has 1 amide bonds. The van der Waals surface area contributed by atoms with Gasteiger partial charge in [-0.05, 0) is 42.8 Å². The zero-order valence-corrected chi connectivity index (χ0v) is 19.8. The van der Waals surface area contributed by atoms with Crippen molar-refractivity contribution in [2.45, 2.75) is 6.92 Å². The summed E-state index contributed by atoms with van der Waals surface area (Å²) in [6.45, 7) is 4.40. The molecular weight excluding hydrogens is 450 g/mol. The summed E-state index contributed by atoms with van der Waals surface area (Å²) in [5, 5.41) is 19.3. The number of carbonyl (C=O) groups excluding carboxylic acids is 1. The molecule has 0 spiro atoms. The van der Waals surface area contributed by atoms with Gasteiger partial charge in [0.25, 0.3) is 5.91 Å². The zero-order valence-electron chi connectivity index (χ0n) is 19.8. The molecule has 8 heteroatoms. The van der Waals surface area contributed by atoms with Crippen molar-refractivity contribution in [1.29, 1.82) is 5.26 Å². The van der Waals surface area contributed by atoms with Crippen LogP contribution in [0.4, 0.5) is 5.95 Å². The molecule has 1 aliphatic heterocycles. The van der Waals surface area contributed by atoms with Crippen molar-refractivity contribution >= 4 is 28.4 Å². The van der Waals surface area contributed by atoms with E-state index in [1.165, 1.54) is 0 Å². The monoisotopic (exact) mass is 473 g/mol. The molecule has 3 aromatic carbocycles. The second-order valence-corrected chi connectivity index (χ2v) is 8.90. The normalized spacial score (nSPS) is 13.8. The van der Waals surface area contributed by atoms with E-state index >= 15 is 0 Å². The molecule has 1 saturated heterocycles. The topological polar surface area (TPSA) is 90.4 Å². The highest BCUT2D eigenvalue weighted by molar-refractivity contribution is 5.95. The first-order valence-electron chi connectivity index (χ1n) is 11.9. The highest BCUT2D eigenvalue weighted by atomic mass is 16.2. The van der Waals surface area contributed by atoms with Gasteiger partial charge >= 0.3 is 0 Å². The third-order valence-electron chi connectivity index (χ3n) is 6.70. The first-order valence-corrected chi connectivity index (χ1v) is 11.9. The van der Waals surface area contributed by atoms with Crippen LogP contribution in [0.25, 0.3) is 27.9 Å². The summed E-state index contributed by atoms with van der Waals surface area (Å²) in [5.41, 5.74) is 4.76. The van der Waals surface area contributed by atoms with Gasteiger partial charge in [0.2, 0.25) is 5.95 Å². The Kier molecular flexibility index (Phi) is 5.30. The number of hydrogen-bond donors (Lipinski definition) is 0. The second-order valence-electron chi connectivity index (χ2n) is 8.90. The predicted molar refractivity (Wildman–Crippen MR) is 138 cm³/mol. The maximum absolute atomic E-state index is 13.1. The van der Waals surface area contributed by atoms with E-state index in [-0.39, 0.29) is 5.91 Å². The summed E-state index contributed by atoms with van der Waals surface area (Å²) < 4.78 is 2.04. The minimum atomic E-state index is -0.0618. The van der Waals surface area contributed by atoms with Crippen LogP contribution >= 0.6 is 0 Å². The summed E-state index contributed by atoms with van der Waals surface area (Å²) in [4.78, 5) is 22.2. The number of benzene rings is 3. The van der Waals surface area contributed by atoms with Crippen molar-refractivity contribution < 1.29 is 4.79 Å². The van der Waals surface area contributed by atoms with Gasteiger partial charge in [-0.15, -0.1) is 10.2 Å². The van der Waals surface area contributed by atoms with E-state index in [0.29, 0.717) is 37.3 Å². The molecule has 36 heavy (non-hydrogen) atoms. The van der Waals surface area contributed by atoms with Crippen LogP contribution in [0.1, 0.15) is 21.5 Å². The fraction of sp³-hybridized carbons (Fsp3) is 0.179. The minimum absolute atomic E-state index is 0.0618. The van der Waals surface area contributed by atoms with Crippen molar-refractivity contribution in [3.05, 3.63) is 89.5 Å². The van der Waals surface area contributed by atoms with Gasteiger partial charge in [0.05, 0.1) is 17.1 Å². The Bertz CT molecular complexity index is 1660. The summed E-state index contributed by atoms with van der Waals surface area (Å²) in [6.07, 6.45) is 0. The van der Waals surface area contributed by atoms with Crippen molar-refractivity contribution in [3.8, 4) is 17.5 Å². The Morgan fingerprint density at radius 2 is 1.69 bits per heavy atom. The minimum Gasteiger partial charge on any atom is -0.338 e.